The maximum atomic E-state index is 12.6. The Kier molecular flexibility index (Phi) is 8.53. The SMILES string of the molecule is CCOc1cc(C=NNC(=O)c2cccc(NC(=O)c3ccc(Cl)cc3)c2)ccc1OC(=O)c1ccco1. The number of carbonyl (C=O) groups excluding carboxylic acids is 3. The van der Waals surface area contributed by atoms with Crippen LogP contribution in [0, 0.1) is 0 Å². The number of hydrazone groups is 1. The molecule has 0 fully saturated rings. The van der Waals surface area contributed by atoms with E-state index in [1.54, 1.807) is 73.7 Å². The molecule has 0 aliphatic heterocycles. The molecule has 9 nitrogen and oxygen atoms in total. The van der Waals surface area contributed by atoms with Crippen molar-refractivity contribution in [2.24, 2.45) is 5.10 Å². The molecule has 0 bridgehead atoms. The van der Waals surface area contributed by atoms with E-state index in [1.165, 1.54) is 24.6 Å². The van der Waals surface area contributed by atoms with E-state index in [0.717, 1.165) is 0 Å². The van der Waals surface area contributed by atoms with Crippen LogP contribution in [0.1, 0.15) is 43.8 Å². The van der Waals surface area contributed by atoms with Gasteiger partial charge in [0.1, 0.15) is 0 Å². The molecule has 0 atom stereocenters. The quantitative estimate of drug-likeness (QED) is 0.126. The number of anilines is 1. The second-order valence-corrected chi connectivity index (χ2v) is 8.18. The Labute approximate surface area is 223 Å². The van der Waals surface area contributed by atoms with Gasteiger partial charge < -0.3 is 19.2 Å². The van der Waals surface area contributed by atoms with Gasteiger partial charge in [0, 0.05) is 21.8 Å². The van der Waals surface area contributed by atoms with E-state index in [4.69, 9.17) is 25.5 Å². The monoisotopic (exact) mass is 531 g/mol. The number of halogens is 1. The van der Waals surface area contributed by atoms with Gasteiger partial charge in [0.05, 0.1) is 19.1 Å². The Morgan fingerprint density at radius 2 is 1.74 bits per heavy atom. The van der Waals surface area contributed by atoms with Gasteiger partial charge in [-0.25, -0.2) is 10.2 Å². The predicted octanol–water partition coefficient (Wildman–Crippen LogP) is 5.57. The minimum atomic E-state index is -0.656. The zero-order valence-corrected chi connectivity index (χ0v) is 20.9. The first-order valence-corrected chi connectivity index (χ1v) is 11.8. The Hall–Kier alpha value is -4.89. The van der Waals surface area contributed by atoms with Crippen molar-refractivity contribution in [3.8, 4) is 11.5 Å². The minimum absolute atomic E-state index is 0.0643. The van der Waals surface area contributed by atoms with Crippen LogP contribution in [0.15, 0.2) is 94.6 Å². The first-order valence-electron chi connectivity index (χ1n) is 11.5. The molecule has 2 N–H and O–H groups in total. The highest BCUT2D eigenvalue weighted by Gasteiger charge is 2.15. The summed E-state index contributed by atoms with van der Waals surface area (Å²) in [6, 6.07) is 20.8. The van der Waals surface area contributed by atoms with Gasteiger partial charge in [0.15, 0.2) is 11.5 Å². The maximum absolute atomic E-state index is 12.6. The molecule has 4 aromatic rings. The molecule has 10 heteroatoms. The highest BCUT2D eigenvalue weighted by atomic mass is 35.5. The molecule has 0 unspecified atom stereocenters. The Morgan fingerprint density at radius 3 is 2.47 bits per heavy atom. The van der Waals surface area contributed by atoms with Gasteiger partial charge in [0.25, 0.3) is 11.8 Å². The molecule has 38 heavy (non-hydrogen) atoms. The summed E-state index contributed by atoms with van der Waals surface area (Å²) < 4.78 is 16.0. The first-order chi connectivity index (χ1) is 18.4. The number of esters is 1. The van der Waals surface area contributed by atoms with Gasteiger partial charge >= 0.3 is 5.97 Å². The van der Waals surface area contributed by atoms with E-state index in [1.807, 2.05) is 0 Å². The molecule has 1 aromatic heterocycles. The first kappa shape index (κ1) is 26.2. The van der Waals surface area contributed by atoms with Crippen LogP contribution in [0.3, 0.4) is 0 Å². The van der Waals surface area contributed by atoms with Gasteiger partial charge in [-0.15, -0.1) is 0 Å². The number of carbonyl (C=O) groups is 3. The van der Waals surface area contributed by atoms with E-state index in [-0.39, 0.29) is 17.4 Å². The molecule has 0 saturated heterocycles. The van der Waals surface area contributed by atoms with Crippen LogP contribution in [0.4, 0.5) is 5.69 Å². The third-order valence-corrected chi connectivity index (χ3v) is 5.31. The van der Waals surface area contributed by atoms with E-state index in [0.29, 0.717) is 39.8 Å². The predicted molar refractivity (Wildman–Crippen MR) is 142 cm³/mol. The molecule has 192 valence electrons. The second kappa shape index (κ2) is 12.4. The Bertz CT molecular complexity index is 1470. The maximum Gasteiger partial charge on any atom is 0.379 e. The third kappa shape index (κ3) is 6.86. The molecule has 0 radical (unpaired) electrons. The zero-order valence-electron chi connectivity index (χ0n) is 20.1. The number of furan rings is 1. The molecule has 3 aromatic carbocycles. The van der Waals surface area contributed by atoms with Gasteiger partial charge in [-0.3, -0.25) is 9.59 Å². The van der Waals surface area contributed by atoms with E-state index in [9.17, 15) is 14.4 Å². The summed E-state index contributed by atoms with van der Waals surface area (Å²) in [4.78, 5) is 37.2. The average Bonchev–Trinajstić information content (AvgIpc) is 3.46. The highest BCUT2D eigenvalue weighted by molar-refractivity contribution is 6.30. The number of hydrogen-bond acceptors (Lipinski definition) is 7. The highest BCUT2D eigenvalue weighted by Crippen LogP contribution is 2.29. The van der Waals surface area contributed by atoms with E-state index < -0.39 is 11.9 Å². The number of nitrogens with zero attached hydrogens (tertiary/aromatic N) is 1. The van der Waals surface area contributed by atoms with Crippen LogP contribution < -0.4 is 20.2 Å². The summed E-state index contributed by atoms with van der Waals surface area (Å²) in [5.74, 6) is -0.858. The summed E-state index contributed by atoms with van der Waals surface area (Å²) in [6.45, 7) is 2.14. The van der Waals surface area contributed by atoms with Crippen molar-refractivity contribution in [3.63, 3.8) is 0 Å². The fourth-order valence-electron chi connectivity index (χ4n) is 3.28. The van der Waals surface area contributed by atoms with Crippen molar-refractivity contribution in [2.75, 3.05) is 11.9 Å². The Morgan fingerprint density at radius 1 is 0.921 bits per heavy atom. The van der Waals surface area contributed by atoms with Crippen LogP contribution in [0.5, 0.6) is 11.5 Å². The van der Waals surface area contributed by atoms with E-state index in [2.05, 4.69) is 15.8 Å². The third-order valence-electron chi connectivity index (χ3n) is 5.06. The van der Waals surface area contributed by atoms with Crippen molar-refractivity contribution in [3.05, 3.63) is 113 Å². The molecule has 0 spiro atoms. The van der Waals surface area contributed by atoms with Gasteiger partial charge in [-0.2, -0.15) is 5.10 Å². The summed E-state index contributed by atoms with van der Waals surface area (Å²) in [5.41, 5.74) is 4.22. The summed E-state index contributed by atoms with van der Waals surface area (Å²) in [5, 5.41) is 7.27. The van der Waals surface area contributed by atoms with Crippen LogP contribution >= 0.6 is 11.6 Å². The van der Waals surface area contributed by atoms with Crippen LogP contribution in [-0.4, -0.2) is 30.6 Å². The van der Waals surface area contributed by atoms with Crippen molar-refractivity contribution in [1.82, 2.24) is 5.43 Å². The second-order valence-electron chi connectivity index (χ2n) is 7.75. The number of hydrogen-bond donors (Lipinski definition) is 2. The van der Waals surface area contributed by atoms with Crippen molar-refractivity contribution in [1.29, 1.82) is 0 Å². The number of ether oxygens (including phenoxy) is 2. The molecule has 0 aliphatic rings. The average molecular weight is 532 g/mol. The lowest BCUT2D eigenvalue weighted by molar-refractivity contribution is 0.0694. The number of nitrogens with one attached hydrogen (secondary N) is 2. The lowest BCUT2D eigenvalue weighted by atomic mass is 10.1. The van der Waals surface area contributed by atoms with Crippen molar-refractivity contribution < 1.29 is 28.3 Å². The summed E-state index contributed by atoms with van der Waals surface area (Å²) in [6.07, 6.45) is 2.80. The van der Waals surface area contributed by atoms with Crippen molar-refractivity contribution in [2.45, 2.75) is 6.92 Å². The molecular weight excluding hydrogens is 510 g/mol. The van der Waals surface area contributed by atoms with Crippen LogP contribution in [0.2, 0.25) is 5.02 Å². The fraction of sp³-hybridized carbons (Fsp3) is 0.0714. The topological polar surface area (TPSA) is 119 Å². The number of rotatable bonds is 9. The number of benzene rings is 3. The van der Waals surface area contributed by atoms with Gasteiger partial charge in [-0.05, 0) is 85.3 Å². The zero-order chi connectivity index (χ0) is 26.9. The normalized spacial score (nSPS) is 10.7. The lowest BCUT2D eigenvalue weighted by Crippen LogP contribution is -2.18. The molecule has 0 aliphatic carbocycles. The molecule has 2 amide bonds. The van der Waals surface area contributed by atoms with Gasteiger partial charge in [0.2, 0.25) is 5.76 Å². The largest absolute Gasteiger partial charge is 0.490 e. The molecule has 1 heterocycles. The summed E-state index contributed by atoms with van der Waals surface area (Å²) >= 11 is 5.86. The van der Waals surface area contributed by atoms with E-state index >= 15 is 0 Å². The van der Waals surface area contributed by atoms with Gasteiger partial charge in [-0.1, -0.05) is 17.7 Å². The van der Waals surface area contributed by atoms with Crippen molar-refractivity contribution >= 4 is 41.3 Å². The number of amides is 2. The standard InChI is InChI=1S/C28H22ClN3O6/c1-2-36-25-15-18(8-13-23(25)38-28(35)24-7-4-14-37-24)17-30-32-27(34)20-5-3-6-22(16-20)31-26(33)19-9-11-21(29)12-10-19/h3-17H,2H2,1H3,(H,31,33)(H,32,34). The van der Waals surface area contributed by atoms with Crippen LogP contribution in [-0.2, 0) is 0 Å². The smallest absolute Gasteiger partial charge is 0.379 e. The molecule has 0 saturated carbocycles. The minimum Gasteiger partial charge on any atom is -0.490 e. The Balaban J connectivity index is 1.39. The van der Waals surface area contributed by atoms with Crippen LogP contribution in [0.25, 0.3) is 0 Å². The fourth-order valence-corrected chi connectivity index (χ4v) is 3.40. The molecule has 4 rings (SSSR count). The molecular formula is C28H22ClN3O6. The lowest BCUT2D eigenvalue weighted by Gasteiger charge is -2.10. The summed E-state index contributed by atoms with van der Waals surface area (Å²) in [7, 11) is 0.